The largest absolute Gasteiger partial charge is 0.453 e. The van der Waals surface area contributed by atoms with Crippen molar-refractivity contribution in [1.82, 2.24) is 9.55 Å². The molecule has 1 aromatic heterocycles. The van der Waals surface area contributed by atoms with E-state index in [4.69, 9.17) is 0 Å². The molecule has 28 heavy (non-hydrogen) atoms. The van der Waals surface area contributed by atoms with Crippen molar-refractivity contribution in [3.05, 3.63) is 52.8 Å². The van der Waals surface area contributed by atoms with Crippen LogP contribution >= 0.6 is 0 Å². The molecule has 2 N–H and O–H groups in total. The van der Waals surface area contributed by atoms with E-state index in [1.165, 1.54) is 18.8 Å². The summed E-state index contributed by atoms with van der Waals surface area (Å²) in [6.07, 6.45) is -1.22. The number of amides is 2. The standard InChI is InChI=1S/C19H18N4O5/c1-23-16(11-5-4-6-12(9-11)20-18(25)27-2)22-15-8-7-13(21-19(26)28-3)10-14(15)17(23)24/h4-10H,1-3H3,(H,20,25)(H,21,26). The second-order valence-electron chi connectivity index (χ2n) is 5.85. The topological polar surface area (TPSA) is 112 Å². The summed E-state index contributed by atoms with van der Waals surface area (Å²) in [6, 6.07) is 11.7. The summed E-state index contributed by atoms with van der Waals surface area (Å²) < 4.78 is 10.5. The lowest BCUT2D eigenvalue weighted by molar-refractivity contribution is 0.186. The Labute approximate surface area is 159 Å². The van der Waals surface area contributed by atoms with Gasteiger partial charge in [0.1, 0.15) is 5.82 Å². The highest BCUT2D eigenvalue weighted by Gasteiger charge is 2.12. The molecule has 9 heteroatoms. The Morgan fingerprint density at radius 2 is 1.61 bits per heavy atom. The van der Waals surface area contributed by atoms with Gasteiger partial charge in [-0.15, -0.1) is 0 Å². The molecule has 0 radical (unpaired) electrons. The number of nitrogens with one attached hydrogen (secondary N) is 2. The summed E-state index contributed by atoms with van der Waals surface area (Å²) in [7, 11) is 4.13. The maximum absolute atomic E-state index is 12.8. The maximum Gasteiger partial charge on any atom is 0.411 e. The smallest absolute Gasteiger partial charge is 0.411 e. The fourth-order valence-electron chi connectivity index (χ4n) is 2.68. The van der Waals surface area contributed by atoms with Crippen LogP contribution in [-0.4, -0.2) is 36.0 Å². The molecule has 2 amide bonds. The lowest BCUT2D eigenvalue weighted by atomic mass is 10.1. The summed E-state index contributed by atoms with van der Waals surface area (Å²) in [6.45, 7) is 0. The second-order valence-corrected chi connectivity index (χ2v) is 5.85. The molecule has 0 aliphatic heterocycles. The first-order valence-electron chi connectivity index (χ1n) is 8.24. The summed E-state index contributed by atoms with van der Waals surface area (Å²) in [4.78, 5) is 40.2. The van der Waals surface area contributed by atoms with Crippen molar-refractivity contribution in [3.63, 3.8) is 0 Å². The predicted octanol–water partition coefficient (Wildman–Crippen LogP) is 2.96. The highest BCUT2D eigenvalue weighted by molar-refractivity contribution is 5.90. The third kappa shape index (κ3) is 3.78. The number of carbonyl (C=O) groups excluding carboxylic acids is 2. The molecule has 0 unspecified atom stereocenters. The van der Waals surface area contributed by atoms with Gasteiger partial charge in [0.25, 0.3) is 5.56 Å². The van der Waals surface area contributed by atoms with Crippen LogP contribution in [0.3, 0.4) is 0 Å². The number of nitrogens with zero attached hydrogens (tertiary/aromatic N) is 2. The molecule has 0 bridgehead atoms. The van der Waals surface area contributed by atoms with Gasteiger partial charge in [0, 0.05) is 24.0 Å². The van der Waals surface area contributed by atoms with Gasteiger partial charge in [0.15, 0.2) is 0 Å². The normalized spacial score (nSPS) is 10.4. The summed E-state index contributed by atoms with van der Waals surface area (Å²) >= 11 is 0. The predicted molar refractivity (Wildman–Crippen MR) is 104 cm³/mol. The zero-order valence-electron chi connectivity index (χ0n) is 15.5. The van der Waals surface area contributed by atoms with E-state index in [9.17, 15) is 14.4 Å². The van der Waals surface area contributed by atoms with E-state index in [2.05, 4.69) is 25.1 Å². The van der Waals surface area contributed by atoms with Crippen molar-refractivity contribution in [3.8, 4) is 11.4 Å². The molecule has 1 heterocycles. The van der Waals surface area contributed by atoms with Crippen LogP contribution in [0.1, 0.15) is 0 Å². The molecule has 0 aliphatic carbocycles. The molecule has 0 aliphatic rings. The first-order chi connectivity index (χ1) is 13.4. The molecule has 9 nitrogen and oxygen atoms in total. The lowest BCUT2D eigenvalue weighted by Crippen LogP contribution is -2.21. The number of aromatic nitrogens is 2. The van der Waals surface area contributed by atoms with E-state index >= 15 is 0 Å². The van der Waals surface area contributed by atoms with Crippen molar-refractivity contribution in [1.29, 1.82) is 0 Å². The zero-order valence-corrected chi connectivity index (χ0v) is 15.5. The monoisotopic (exact) mass is 382 g/mol. The van der Waals surface area contributed by atoms with Crippen molar-refractivity contribution < 1.29 is 19.1 Å². The number of carbonyl (C=O) groups is 2. The number of ether oxygens (including phenoxy) is 2. The number of benzene rings is 2. The Bertz CT molecular complexity index is 1120. The molecular formula is C19H18N4O5. The lowest BCUT2D eigenvalue weighted by Gasteiger charge is -2.12. The van der Waals surface area contributed by atoms with Gasteiger partial charge in [-0.2, -0.15) is 0 Å². The van der Waals surface area contributed by atoms with Crippen LogP contribution in [0.15, 0.2) is 47.3 Å². The zero-order chi connectivity index (χ0) is 20.3. The van der Waals surface area contributed by atoms with E-state index in [0.717, 1.165) is 0 Å². The Kier molecular flexibility index (Phi) is 5.25. The fourth-order valence-corrected chi connectivity index (χ4v) is 2.68. The third-order valence-corrected chi connectivity index (χ3v) is 4.06. The molecule has 144 valence electrons. The third-order valence-electron chi connectivity index (χ3n) is 4.06. The van der Waals surface area contributed by atoms with Crippen LogP contribution in [-0.2, 0) is 16.5 Å². The van der Waals surface area contributed by atoms with Gasteiger partial charge in [0.05, 0.1) is 25.1 Å². The number of methoxy groups -OCH3 is 2. The molecular weight excluding hydrogens is 364 g/mol. The van der Waals surface area contributed by atoms with Crippen molar-refractivity contribution >= 4 is 34.5 Å². The quantitative estimate of drug-likeness (QED) is 0.720. The number of fused-ring (bicyclic) bond motifs is 1. The SMILES string of the molecule is COC(=O)Nc1cccc(-c2nc3ccc(NC(=O)OC)cc3c(=O)n2C)c1. The molecule has 2 aromatic carbocycles. The molecule has 0 saturated carbocycles. The average Bonchev–Trinajstić information content (AvgIpc) is 2.71. The van der Waals surface area contributed by atoms with Crippen molar-refractivity contribution in [2.24, 2.45) is 7.05 Å². The molecule has 0 saturated heterocycles. The van der Waals surface area contributed by atoms with E-state index in [1.807, 2.05) is 0 Å². The van der Waals surface area contributed by atoms with Gasteiger partial charge in [-0.25, -0.2) is 14.6 Å². The fraction of sp³-hybridized carbons (Fsp3) is 0.158. The van der Waals surface area contributed by atoms with Crippen molar-refractivity contribution in [2.75, 3.05) is 24.9 Å². The molecule has 3 rings (SSSR count). The van der Waals surface area contributed by atoms with E-state index < -0.39 is 12.2 Å². The Hall–Kier alpha value is -3.88. The summed E-state index contributed by atoms with van der Waals surface area (Å²) in [5.41, 5.74) is 1.78. The Morgan fingerprint density at radius 1 is 0.964 bits per heavy atom. The minimum Gasteiger partial charge on any atom is -0.453 e. The highest BCUT2D eigenvalue weighted by Crippen LogP contribution is 2.23. The van der Waals surface area contributed by atoms with Crippen LogP contribution in [0.25, 0.3) is 22.3 Å². The van der Waals surface area contributed by atoms with E-state index in [-0.39, 0.29) is 5.56 Å². The molecule has 0 atom stereocenters. The highest BCUT2D eigenvalue weighted by atomic mass is 16.5. The minimum absolute atomic E-state index is 0.278. The van der Waals surface area contributed by atoms with Crippen LogP contribution in [0, 0.1) is 0 Å². The first kappa shape index (κ1) is 18.9. The van der Waals surface area contributed by atoms with Gasteiger partial charge < -0.3 is 9.47 Å². The number of rotatable bonds is 3. The van der Waals surface area contributed by atoms with Crippen LogP contribution in [0.5, 0.6) is 0 Å². The van der Waals surface area contributed by atoms with Crippen molar-refractivity contribution in [2.45, 2.75) is 0 Å². The van der Waals surface area contributed by atoms with Gasteiger partial charge in [0.2, 0.25) is 0 Å². The van der Waals surface area contributed by atoms with Gasteiger partial charge in [-0.3, -0.25) is 20.0 Å². The Balaban J connectivity index is 2.06. The number of anilines is 2. The van der Waals surface area contributed by atoms with Crippen LogP contribution in [0.4, 0.5) is 21.0 Å². The van der Waals surface area contributed by atoms with E-state index in [1.54, 1.807) is 49.5 Å². The number of hydrogen-bond acceptors (Lipinski definition) is 6. The second kappa shape index (κ2) is 7.78. The first-order valence-corrected chi connectivity index (χ1v) is 8.24. The van der Waals surface area contributed by atoms with Crippen LogP contribution < -0.4 is 16.2 Å². The summed E-state index contributed by atoms with van der Waals surface area (Å²) in [5, 5.41) is 5.45. The molecule has 3 aromatic rings. The average molecular weight is 382 g/mol. The number of hydrogen-bond donors (Lipinski definition) is 2. The van der Waals surface area contributed by atoms with Crippen LogP contribution in [0.2, 0.25) is 0 Å². The Morgan fingerprint density at radius 3 is 2.25 bits per heavy atom. The molecule has 0 fully saturated rings. The maximum atomic E-state index is 12.8. The van der Waals surface area contributed by atoms with Gasteiger partial charge >= 0.3 is 12.2 Å². The minimum atomic E-state index is -0.629. The van der Waals surface area contributed by atoms with Gasteiger partial charge in [-0.05, 0) is 30.3 Å². The molecule has 0 spiro atoms. The van der Waals surface area contributed by atoms with E-state index in [0.29, 0.717) is 33.7 Å². The van der Waals surface area contributed by atoms with Gasteiger partial charge in [-0.1, -0.05) is 12.1 Å². The summed E-state index contributed by atoms with van der Waals surface area (Å²) in [5.74, 6) is 0.430.